The van der Waals surface area contributed by atoms with Gasteiger partial charge >= 0.3 is 0 Å². The highest BCUT2D eigenvalue weighted by Gasteiger charge is 2.28. The lowest BCUT2D eigenvalue weighted by atomic mass is 9.99. The minimum Gasteiger partial charge on any atom is -0.334 e. The molecule has 0 aliphatic carbocycles. The quantitative estimate of drug-likeness (QED) is 0.849. The summed E-state index contributed by atoms with van der Waals surface area (Å²) in [6, 6.07) is 8.05. The Bertz CT molecular complexity index is 668. The van der Waals surface area contributed by atoms with E-state index in [1.54, 1.807) is 0 Å². The molecule has 1 fully saturated rings. The average molecular weight is 283 g/mol. The lowest BCUT2D eigenvalue weighted by Gasteiger charge is -2.35. The van der Waals surface area contributed by atoms with Crippen molar-refractivity contribution in [1.29, 1.82) is 0 Å². The number of hydrogen-bond donors (Lipinski definition) is 0. The Balaban J connectivity index is 1.98. The molecule has 2 aromatic rings. The Morgan fingerprint density at radius 2 is 1.95 bits per heavy atom. The van der Waals surface area contributed by atoms with Gasteiger partial charge in [-0.15, -0.1) is 0 Å². The van der Waals surface area contributed by atoms with Crippen LogP contribution in [0.4, 0.5) is 0 Å². The van der Waals surface area contributed by atoms with Crippen molar-refractivity contribution < 1.29 is 4.79 Å². The Morgan fingerprint density at radius 3 is 2.67 bits per heavy atom. The topological polar surface area (TPSA) is 46.1 Å². The van der Waals surface area contributed by atoms with Gasteiger partial charge in [0.15, 0.2) is 0 Å². The number of aromatic nitrogens is 2. The summed E-state index contributed by atoms with van der Waals surface area (Å²) < 4.78 is 0. The Kier molecular flexibility index (Phi) is 3.86. The molecule has 21 heavy (non-hydrogen) atoms. The van der Waals surface area contributed by atoms with E-state index in [2.05, 4.69) is 16.9 Å². The molecule has 0 bridgehead atoms. The summed E-state index contributed by atoms with van der Waals surface area (Å²) in [6.07, 6.45) is 4.40. The van der Waals surface area contributed by atoms with Gasteiger partial charge in [-0.05, 0) is 44.7 Å². The molecule has 1 saturated heterocycles. The third-order valence-corrected chi connectivity index (χ3v) is 4.31. The third-order valence-electron chi connectivity index (χ3n) is 4.31. The molecule has 2 heterocycles. The van der Waals surface area contributed by atoms with Crippen LogP contribution in [0.5, 0.6) is 0 Å². The van der Waals surface area contributed by atoms with Crippen LogP contribution in [0, 0.1) is 6.92 Å². The smallest absolute Gasteiger partial charge is 0.274 e. The first-order chi connectivity index (χ1) is 10.2. The van der Waals surface area contributed by atoms with Crippen LogP contribution >= 0.6 is 0 Å². The van der Waals surface area contributed by atoms with Crippen LogP contribution in [0.3, 0.4) is 0 Å². The predicted octanol–water partition coefficient (Wildman–Crippen LogP) is 3.34. The fourth-order valence-electron chi connectivity index (χ4n) is 3.12. The number of carbonyl (C=O) groups excluding carboxylic acids is 1. The van der Waals surface area contributed by atoms with Crippen molar-refractivity contribution in [1.82, 2.24) is 14.9 Å². The van der Waals surface area contributed by atoms with Gasteiger partial charge in [0.05, 0.1) is 16.7 Å². The molecule has 4 nitrogen and oxygen atoms in total. The van der Waals surface area contributed by atoms with Crippen LogP contribution in [0.2, 0.25) is 0 Å². The first-order valence-corrected chi connectivity index (χ1v) is 7.75. The van der Waals surface area contributed by atoms with Crippen molar-refractivity contribution in [3.63, 3.8) is 0 Å². The van der Waals surface area contributed by atoms with Gasteiger partial charge in [0.1, 0.15) is 5.69 Å². The molecule has 1 aromatic heterocycles. The normalized spacial score (nSPS) is 19.0. The zero-order valence-corrected chi connectivity index (χ0v) is 12.7. The van der Waals surface area contributed by atoms with Gasteiger partial charge < -0.3 is 4.90 Å². The molecule has 1 atom stereocenters. The van der Waals surface area contributed by atoms with E-state index in [1.807, 2.05) is 36.1 Å². The summed E-state index contributed by atoms with van der Waals surface area (Å²) in [5.74, 6) is 0.0392. The number of carbonyl (C=O) groups is 1. The number of hydrogen-bond acceptors (Lipinski definition) is 3. The van der Waals surface area contributed by atoms with Gasteiger partial charge in [0.25, 0.3) is 5.91 Å². The van der Waals surface area contributed by atoms with Gasteiger partial charge in [-0.25, -0.2) is 9.97 Å². The summed E-state index contributed by atoms with van der Waals surface area (Å²) in [6.45, 7) is 4.86. The summed E-state index contributed by atoms with van der Waals surface area (Å²) in [7, 11) is 0. The molecule has 0 saturated carbocycles. The first kappa shape index (κ1) is 14.0. The molecule has 4 heteroatoms. The largest absolute Gasteiger partial charge is 0.334 e. The Morgan fingerprint density at radius 1 is 1.24 bits per heavy atom. The van der Waals surface area contributed by atoms with Crippen molar-refractivity contribution in [2.24, 2.45) is 0 Å². The zero-order chi connectivity index (χ0) is 14.8. The second-order valence-corrected chi connectivity index (χ2v) is 5.70. The van der Waals surface area contributed by atoms with E-state index in [9.17, 15) is 4.79 Å². The number of para-hydroxylation sites is 2. The number of amides is 1. The van der Waals surface area contributed by atoms with Gasteiger partial charge in [-0.2, -0.15) is 0 Å². The molecule has 3 rings (SSSR count). The highest BCUT2D eigenvalue weighted by atomic mass is 16.2. The third kappa shape index (κ3) is 2.62. The lowest BCUT2D eigenvalue weighted by molar-refractivity contribution is 0.0601. The first-order valence-electron chi connectivity index (χ1n) is 7.75. The zero-order valence-electron chi connectivity index (χ0n) is 12.7. The fraction of sp³-hybridized carbons (Fsp3) is 0.471. The highest BCUT2D eigenvalue weighted by molar-refractivity contribution is 5.95. The number of piperidine rings is 1. The second-order valence-electron chi connectivity index (χ2n) is 5.70. The van der Waals surface area contributed by atoms with Crippen LogP contribution in [0.15, 0.2) is 24.3 Å². The van der Waals surface area contributed by atoms with Crippen molar-refractivity contribution in [2.45, 2.75) is 45.6 Å². The van der Waals surface area contributed by atoms with Crippen LogP contribution in [-0.2, 0) is 0 Å². The van der Waals surface area contributed by atoms with Crippen molar-refractivity contribution in [2.75, 3.05) is 6.54 Å². The van der Waals surface area contributed by atoms with Crippen molar-refractivity contribution in [3.05, 3.63) is 35.7 Å². The maximum absolute atomic E-state index is 12.9. The van der Waals surface area contributed by atoms with E-state index < -0.39 is 0 Å². The van der Waals surface area contributed by atoms with E-state index in [0.717, 1.165) is 42.5 Å². The number of aryl methyl sites for hydroxylation is 1. The molecule has 1 unspecified atom stereocenters. The number of fused-ring (bicyclic) bond motifs is 1. The van der Waals surface area contributed by atoms with Gasteiger partial charge in [0, 0.05) is 12.6 Å². The molecular weight excluding hydrogens is 262 g/mol. The van der Waals surface area contributed by atoms with E-state index in [-0.39, 0.29) is 5.91 Å². The van der Waals surface area contributed by atoms with Crippen LogP contribution in [0.1, 0.15) is 48.8 Å². The van der Waals surface area contributed by atoms with Gasteiger partial charge in [-0.1, -0.05) is 19.1 Å². The molecular formula is C17H21N3O. The molecule has 110 valence electrons. The van der Waals surface area contributed by atoms with Crippen molar-refractivity contribution in [3.8, 4) is 0 Å². The Hall–Kier alpha value is -1.97. The van der Waals surface area contributed by atoms with Crippen LogP contribution in [-0.4, -0.2) is 33.4 Å². The van der Waals surface area contributed by atoms with Gasteiger partial charge in [0.2, 0.25) is 0 Å². The van der Waals surface area contributed by atoms with Gasteiger partial charge in [-0.3, -0.25) is 4.79 Å². The number of nitrogens with zero attached hydrogens (tertiary/aromatic N) is 3. The lowest BCUT2D eigenvalue weighted by Crippen LogP contribution is -2.44. The summed E-state index contributed by atoms with van der Waals surface area (Å²) in [4.78, 5) is 23.9. The summed E-state index contributed by atoms with van der Waals surface area (Å²) in [5.41, 5.74) is 2.86. The number of likely N-dealkylation sites (tertiary alicyclic amines) is 1. The monoisotopic (exact) mass is 283 g/mol. The summed E-state index contributed by atoms with van der Waals surface area (Å²) in [5, 5.41) is 0. The molecule has 1 aromatic carbocycles. The standard InChI is InChI=1S/C17H21N3O/c1-3-13-8-6-7-11-20(13)17(21)16-12(2)18-14-9-4-5-10-15(14)19-16/h4-5,9-10,13H,3,6-8,11H2,1-2H3. The van der Waals surface area contributed by atoms with E-state index >= 15 is 0 Å². The summed E-state index contributed by atoms with van der Waals surface area (Å²) >= 11 is 0. The number of benzene rings is 1. The maximum atomic E-state index is 12.9. The van der Waals surface area contributed by atoms with Crippen LogP contribution in [0.25, 0.3) is 11.0 Å². The average Bonchev–Trinajstić information content (AvgIpc) is 2.53. The molecule has 0 N–H and O–H groups in total. The maximum Gasteiger partial charge on any atom is 0.274 e. The Labute approximate surface area is 125 Å². The minimum absolute atomic E-state index is 0.0392. The minimum atomic E-state index is 0.0392. The van der Waals surface area contributed by atoms with Crippen LogP contribution < -0.4 is 0 Å². The van der Waals surface area contributed by atoms with E-state index in [4.69, 9.17) is 0 Å². The molecule has 0 spiro atoms. The molecule has 1 amide bonds. The fourth-order valence-corrected chi connectivity index (χ4v) is 3.12. The second kappa shape index (κ2) is 5.80. The number of rotatable bonds is 2. The van der Waals surface area contributed by atoms with E-state index in [0.29, 0.717) is 11.7 Å². The molecule has 0 radical (unpaired) electrons. The molecule has 1 aliphatic rings. The van der Waals surface area contributed by atoms with Crippen molar-refractivity contribution >= 4 is 16.9 Å². The highest BCUT2D eigenvalue weighted by Crippen LogP contribution is 2.22. The van der Waals surface area contributed by atoms with E-state index in [1.165, 1.54) is 6.42 Å². The SMILES string of the molecule is CCC1CCCCN1C(=O)c1nc2ccccc2nc1C. The predicted molar refractivity (Wildman–Crippen MR) is 83.2 cm³/mol. The molecule has 1 aliphatic heterocycles.